The van der Waals surface area contributed by atoms with Gasteiger partial charge in [-0.05, 0) is 49.6 Å². The zero-order valence-corrected chi connectivity index (χ0v) is 16.4. The third-order valence-electron chi connectivity index (χ3n) is 5.93. The quantitative estimate of drug-likeness (QED) is 0.888. The van der Waals surface area contributed by atoms with Crippen molar-refractivity contribution < 1.29 is 9.59 Å². The SMILES string of the molecule is Cc1cccc(NC(=O)N2CC[C@]3(C[C@H]3C(=O)N(C)Cc3ccccn3)C2)c1. The second-order valence-corrected chi connectivity index (χ2v) is 8.11. The minimum atomic E-state index is -0.0811. The molecule has 1 aromatic heterocycles. The third-order valence-corrected chi connectivity index (χ3v) is 5.93. The Kier molecular flexibility index (Phi) is 4.79. The molecule has 6 nitrogen and oxygen atoms in total. The van der Waals surface area contributed by atoms with Crippen LogP contribution in [0.4, 0.5) is 10.5 Å². The van der Waals surface area contributed by atoms with Gasteiger partial charge in [0.05, 0.1) is 12.2 Å². The number of pyridine rings is 1. The Labute approximate surface area is 165 Å². The number of urea groups is 1. The summed E-state index contributed by atoms with van der Waals surface area (Å²) in [6.45, 7) is 3.87. The van der Waals surface area contributed by atoms with Crippen LogP contribution in [-0.2, 0) is 11.3 Å². The molecular weight excluding hydrogens is 352 g/mol. The number of aryl methyl sites for hydroxylation is 1. The molecule has 2 aliphatic rings. The van der Waals surface area contributed by atoms with Crippen LogP contribution in [0.3, 0.4) is 0 Å². The monoisotopic (exact) mass is 378 g/mol. The van der Waals surface area contributed by atoms with Crippen molar-refractivity contribution in [2.75, 3.05) is 25.5 Å². The summed E-state index contributed by atoms with van der Waals surface area (Å²) in [7, 11) is 1.83. The molecule has 0 unspecified atom stereocenters. The summed E-state index contributed by atoms with van der Waals surface area (Å²) in [5.41, 5.74) is 2.77. The first-order valence-corrected chi connectivity index (χ1v) is 9.74. The zero-order chi connectivity index (χ0) is 19.7. The van der Waals surface area contributed by atoms with Gasteiger partial charge in [0, 0.05) is 43.4 Å². The summed E-state index contributed by atoms with van der Waals surface area (Å²) >= 11 is 0. The number of carbonyl (C=O) groups excluding carboxylic acids is 2. The number of nitrogens with one attached hydrogen (secondary N) is 1. The molecular formula is C22H26N4O2. The van der Waals surface area contributed by atoms with Gasteiger partial charge in [0.25, 0.3) is 0 Å². The second-order valence-electron chi connectivity index (χ2n) is 8.11. The maximum Gasteiger partial charge on any atom is 0.321 e. The number of rotatable bonds is 4. The minimum absolute atomic E-state index is 0.0120. The summed E-state index contributed by atoms with van der Waals surface area (Å²) in [6.07, 6.45) is 3.50. The van der Waals surface area contributed by atoms with Crippen molar-refractivity contribution in [3.63, 3.8) is 0 Å². The highest BCUT2D eigenvalue weighted by Crippen LogP contribution is 2.59. The van der Waals surface area contributed by atoms with Crippen LogP contribution in [0.1, 0.15) is 24.1 Å². The lowest BCUT2D eigenvalue weighted by molar-refractivity contribution is -0.132. The number of benzene rings is 1. The third kappa shape index (κ3) is 3.72. The first-order valence-electron chi connectivity index (χ1n) is 9.74. The molecule has 4 rings (SSSR count). The molecule has 0 radical (unpaired) electrons. The molecule has 2 atom stereocenters. The van der Waals surface area contributed by atoms with Crippen LogP contribution in [0.25, 0.3) is 0 Å². The number of likely N-dealkylation sites (tertiary alicyclic amines) is 1. The second kappa shape index (κ2) is 7.26. The van der Waals surface area contributed by atoms with E-state index in [1.807, 2.05) is 61.3 Å². The number of carbonyl (C=O) groups is 2. The molecule has 6 heteroatoms. The molecule has 2 heterocycles. The Balaban J connectivity index is 1.33. The number of hydrogen-bond acceptors (Lipinski definition) is 3. The molecule has 1 saturated heterocycles. The maximum absolute atomic E-state index is 12.9. The van der Waals surface area contributed by atoms with Crippen LogP contribution >= 0.6 is 0 Å². The molecule has 0 bridgehead atoms. The fourth-order valence-electron chi connectivity index (χ4n) is 4.22. The molecule has 1 N–H and O–H groups in total. The van der Waals surface area contributed by atoms with Gasteiger partial charge in [-0.2, -0.15) is 0 Å². The van der Waals surface area contributed by atoms with E-state index in [4.69, 9.17) is 0 Å². The Hall–Kier alpha value is -2.89. The van der Waals surface area contributed by atoms with Gasteiger partial charge in [0.1, 0.15) is 0 Å². The molecule has 1 aliphatic heterocycles. The lowest BCUT2D eigenvalue weighted by atomic mass is 10.0. The Morgan fingerprint density at radius 1 is 1.29 bits per heavy atom. The normalized spacial score (nSPS) is 22.9. The van der Waals surface area contributed by atoms with Crippen LogP contribution in [0.2, 0.25) is 0 Å². The molecule has 1 spiro atoms. The number of aromatic nitrogens is 1. The fraction of sp³-hybridized carbons (Fsp3) is 0.409. The zero-order valence-electron chi connectivity index (χ0n) is 16.4. The number of amides is 3. The highest BCUT2D eigenvalue weighted by Gasteiger charge is 2.61. The van der Waals surface area contributed by atoms with Gasteiger partial charge in [0.15, 0.2) is 0 Å². The molecule has 3 amide bonds. The number of nitrogens with zero attached hydrogens (tertiary/aromatic N) is 3. The van der Waals surface area contributed by atoms with E-state index in [0.29, 0.717) is 19.6 Å². The molecule has 2 fully saturated rings. The average Bonchev–Trinajstić information content (AvgIpc) is 3.20. The van der Waals surface area contributed by atoms with Crippen molar-refractivity contribution in [2.24, 2.45) is 11.3 Å². The van der Waals surface area contributed by atoms with Crippen molar-refractivity contribution >= 4 is 17.6 Å². The number of hydrogen-bond donors (Lipinski definition) is 1. The van der Waals surface area contributed by atoms with E-state index in [1.165, 1.54) is 0 Å². The first kappa shape index (κ1) is 18.5. The average molecular weight is 378 g/mol. The van der Waals surface area contributed by atoms with Gasteiger partial charge < -0.3 is 15.1 Å². The van der Waals surface area contributed by atoms with Crippen molar-refractivity contribution in [3.8, 4) is 0 Å². The predicted molar refractivity (Wildman–Crippen MR) is 108 cm³/mol. The van der Waals surface area contributed by atoms with Gasteiger partial charge in [-0.1, -0.05) is 18.2 Å². The van der Waals surface area contributed by atoms with Crippen LogP contribution in [0.15, 0.2) is 48.7 Å². The molecule has 1 aliphatic carbocycles. The molecule has 2 aromatic rings. The largest absolute Gasteiger partial charge is 0.340 e. The minimum Gasteiger partial charge on any atom is -0.340 e. The molecule has 1 aromatic carbocycles. The predicted octanol–water partition coefficient (Wildman–Crippen LogP) is 3.29. The van der Waals surface area contributed by atoms with Crippen LogP contribution in [-0.4, -0.2) is 46.9 Å². The Bertz CT molecular complexity index is 885. The summed E-state index contributed by atoms with van der Waals surface area (Å²) in [5, 5.41) is 2.97. The summed E-state index contributed by atoms with van der Waals surface area (Å²) < 4.78 is 0. The van der Waals surface area contributed by atoms with Crippen molar-refractivity contribution in [2.45, 2.75) is 26.3 Å². The van der Waals surface area contributed by atoms with Gasteiger partial charge >= 0.3 is 6.03 Å². The van der Waals surface area contributed by atoms with E-state index in [0.717, 1.165) is 29.8 Å². The van der Waals surface area contributed by atoms with Gasteiger partial charge in [0.2, 0.25) is 5.91 Å². The standard InChI is InChI=1S/C22H26N4O2/c1-16-6-5-8-17(12-16)24-21(28)26-11-9-22(15-26)13-19(22)20(27)25(2)14-18-7-3-4-10-23-18/h3-8,10,12,19H,9,11,13-15H2,1-2H3,(H,24,28)/t19-,22-/m0/s1. The van der Waals surface area contributed by atoms with E-state index in [1.54, 1.807) is 11.1 Å². The van der Waals surface area contributed by atoms with E-state index >= 15 is 0 Å². The highest BCUT2D eigenvalue weighted by atomic mass is 16.2. The first-order chi connectivity index (χ1) is 13.5. The van der Waals surface area contributed by atoms with Gasteiger partial charge in [-0.15, -0.1) is 0 Å². The van der Waals surface area contributed by atoms with Crippen LogP contribution < -0.4 is 5.32 Å². The van der Waals surface area contributed by atoms with Gasteiger partial charge in [-0.25, -0.2) is 4.79 Å². The lowest BCUT2D eigenvalue weighted by Gasteiger charge is -2.20. The van der Waals surface area contributed by atoms with Crippen LogP contribution in [0.5, 0.6) is 0 Å². The maximum atomic E-state index is 12.9. The fourth-order valence-corrected chi connectivity index (χ4v) is 4.22. The summed E-state index contributed by atoms with van der Waals surface area (Å²) in [5.74, 6) is 0.171. The highest BCUT2D eigenvalue weighted by molar-refractivity contribution is 5.90. The van der Waals surface area contributed by atoms with Gasteiger partial charge in [-0.3, -0.25) is 9.78 Å². The lowest BCUT2D eigenvalue weighted by Crippen LogP contribution is -2.34. The van der Waals surface area contributed by atoms with E-state index in [-0.39, 0.29) is 23.3 Å². The Morgan fingerprint density at radius 2 is 2.14 bits per heavy atom. The topological polar surface area (TPSA) is 65.5 Å². The summed E-state index contributed by atoms with van der Waals surface area (Å²) in [6, 6.07) is 13.4. The van der Waals surface area contributed by atoms with Crippen molar-refractivity contribution in [3.05, 3.63) is 59.9 Å². The van der Waals surface area contributed by atoms with E-state index in [2.05, 4.69) is 10.3 Å². The Morgan fingerprint density at radius 3 is 2.89 bits per heavy atom. The molecule has 1 saturated carbocycles. The smallest absolute Gasteiger partial charge is 0.321 e. The van der Waals surface area contributed by atoms with E-state index in [9.17, 15) is 9.59 Å². The van der Waals surface area contributed by atoms with Crippen LogP contribution in [0, 0.1) is 18.3 Å². The van der Waals surface area contributed by atoms with Crippen molar-refractivity contribution in [1.82, 2.24) is 14.8 Å². The molecule has 28 heavy (non-hydrogen) atoms. The molecule has 146 valence electrons. The summed E-state index contributed by atoms with van der Waals surface area (Å²) in [4.78, 5) is 33.4. The number of anilines is 1. The van der Waals surface area contributed by atoms with Crippen molar-refractivity contribution in [1.29, 1.82) is 0 Å². The van der Waals surface area contributed by atoms with E-state index < -0.39 is 0 Å².